The summed E-state index contributed by atoms with van der Waals surface area (Å²) in [6.45, 7) is 2.07. The van der Waals surface area contributed by atoms with Crippen molar-refractivity contribution in [2.45, 2.75) is 37.9 Å². The highest BCUT2D eigenvalue weighted by atomic mass is 16.8. The molecule has 2 aromatic carbocycles. The predicted molar refractivity (Wildman–Crippen MR) is 114 cm³/mol. The molecular weight excluding hydrogens is 362 g/mol. The number of benzene rings is 2. The van der Waals surface area contributed by atoms with Crippen LogP contribution in [0.25, 0.3) is 6.08 Å². The van der Waals surface area contributed by atoms with E-state index in [1.807, 2.05) is 0 Å². The number of ether oxygens (including phenoxy) is 3. The van der Waals surface area contributed by atoms with Crippen molar-refractivity contribution in [3.05, 3.63) is 83.4 Å². The second kappa shape index (κ2) is 8.15. The Labute approximate surface area is 172 Å². The highest BCUT2D eigenvalue weighted by molar-refractivity contribution is 5.70. The lowest BCUT2D eigenvalue weighted by Crippen LogP contribution is -2.56. The topological polar surface area (TPSA) is 30.9 Å². The van der Waals surface area contributed by atoms with Gasteiger partial charge in [0.05, 0.1) is 13.2 Å². The number of rotatable bonds is 3. The van der Waals surface area contributed by atoms with Crippen molar-refractivity contribution in [3.8, 4) is 0 Å². The van der Waals surface area contributed by atoms with Gasteiger partial charge in [-0.2, -0.15) is 0 Å². The maximum atomic E-state index is 6.76. The number of fused-ring (bicyclic) bond motifs is 2. The molecule has 5 rings (SSSR count). The van der Waals surface area contributed by atoms with Crippen LogP contribution in [-0.4, -0.2) is 25.7 Å². The molecule has 0 spiro atoms. The van der Waals surface area contributed by atoms with Crippen LogP contribution >= 0.6 is 0 Å². The van der Waals surface area contributed by atoms with Gasteiger partial charge >= 0.3 is 0 Å². The van der Waals surface area contributed by atoms with Gasteiger partial charge in [-0.3, -0.25) is 4.74 Å². The van der Waals surface area contributed by atoms with Crippen LogP contribution in [0.5, 0.6) is 0 Å². The quantitative estimate of drug-likeness (QED) is 0.720. The highest BCUT2D eigenvalue weighted by Gasteiger charge is 2.44. The van der Waals surface area contributed by atoms with Crippen molar-refractivity contribution < 1.29 is 14.2 Å². The summed E-state index contributed by atoms with van der Waals surface area (Å²) in [6.07, 6.45) is 11.9. The van der Waals surface area contributed by atoms with Gasteiger partial charge in [-0.05, 0) is 36.5 Å². The summed E-state index contributed by atoms with van der Waals surface area (Å²) in [5, 5.41) is 0. The van der Waals surface area contributed by atoms with Gasteiger partial charge in [0.25, 0.3) is 5.91 Å². The third kappa shape index (κ3) is 3.64. The lowest BCUT2D eigenvalue weighted by molar-refractivity contribution is -0.326. The van der Waals surface area contributed by atoms with E-state index in [4.69, 9.17) is 14.2 Å². The van der Waals surface area contributed by atoms with Crippen molar-refractivity contribution in [1.82, 2.24) is 0 Å². The van der Waals surface area contributed by atoms with E-state index in [2.05, 4.69) is 77.7 Å². The predicted octanol–water partition coefficient (Wildman–Crippen LogP) is 5.22. The van der Waals surface area contributed by atoms with E-state index in [0.717, 1.165) is 43.5 Å². The monoisotopic (exact) mass is 389 g/mol. The Bertz CT molecular complexity index is 914. The zero-order valence-corrected chi connectivity index (χ0v) is 16.6. The molecule has 3 aliphatic rings. The van der Waals surface area contributed by atoms with Crippen LogP contribution in [0.1, 0.15) is 42.2 Å². The van der Waals surface area contributed by atoms with Crippen LogP contribution in [0.15, 0.2) is 66.8 Å². The van der Waals surface area contributed by atoms with Crippen molar-refractivity contribution >= 4 is 11.8 Å². The Hall–Kier alpha value is -2.40. The van der Waals surface area contributed by atoms with Gasteiger partial charge in [0.15, 0.2) is 6.29 Å². The fraction of sp³-hybridized carbons (Fsp3) is 0.360. The highest BCUT2D eigenvalue weighted by Crippen LogP contribution is 2.41. The maximum Gasteiger partial charge on any atom is 0.254 e. The number of nitrogens with zero attached hydrogens (tertiary/aromatic N) is 1. The van der Waals surface area contributed by atoms with Gasteiger partial charge in [-0.1, -0.05) is 66.8 Å². The summed E-state index contributed by atoms with van der Waals surface area (Å²) in [5.41, 5.74) is 4.70. The Morgan fingerprint density at radius 3 is 2.79 bits per heavy atom. The molecule has 3 heterocycles. The summed E-state index contributed by atoms with van der Waals surface area (Å²) < 4.78 is 19.3. The molecule has 1 saturated heterocycles. The van der Waals surface area contributed by atoms with Gasteiger partial charge < -0.3 is 14.4 Å². The molecule has 150 valence electrons. The molecule has 0 amide bonds. The van der Waals surface area contributed by atoms with Crippen LogP contribution in [0.2, 0.25) is 0 Å². The summed E-state index contributed by atoms with van der Waals surface area (Å²) in [5.74, 6) is -0.848. The minimum absolute atomic E-state index is 0.421. The van der Waals surface area contributed by atoms with E-state index < -0.39 is 12.2 Å². The molecule has 4 nitrogen and oxygen atoms in total. The number of anilines is 1. The number of allylic oxidation sites excluding steroid dienone is 2. The molecule has 0 aromatic heterocycles. The third-order valence-electron chi connectivity index (χ3n) is 5.91. The van der Waals surface area contributed by atoms with Crippen LogP contribution in [0, 0.1) is 0 Å². The number of para-hydroxylation sites is 1. The summed E-state index contributed by atoms with van der Waals surface area (Å²) >= 11 is 0. The van der Waals surface area contributed by atoms with E-state index in [9.17, 15) is 0 Å². The van der Waals surface area contributed by atoms with Gasteiger partial charge in [0.1, 0.15) is 0 Å². The fourth-order valence-corrected chi connectivity index (χ4v) is 4.45. The van der Waals surface area contributed by atoms with Gasteiger partial charge in [0, 0.05) is 24.2 Å². The van der Waals surface area contributed by atoms with Crippen LogP contribution in [0.4, 0.5) is 5.69 Å². The second-order valence-electron chi connectivity index (χ2n) is 7.74. The Balaban J connectivity index is 1.55. The molecular formula is C25H27NO3. The SMILES string of the molecule is C1=C\CN(C2(OC3OCCc4ccccc43)CCCCO2)c2ccccc2\C=C/1. The zero-order valence-electron chi connectivity index (χ0n) is 16.6. The van der Waals surface area contributed by atoms with Gasteiger partial charge in [0.2, 0.25) is 0 Å². The van der Waals surface area contributed by atoms with Gasteiger partial charge in [-0.15, -0.1) is 0 Å². The molecule has 2 atom stereocenters. The van der Waals surface area contributed by atoms with Crippen LogP contribution < -0.4 is 4.90 Å². The van der Waals surface area contributed by atoms with Gasteiger partial charge in [-0.25, -0.2) is 0 Å². The average Bonchev–Trinajstić information content (AvgIpc) is 2.75. The van der Waals surface area contributed by atoms with E-state index in [1.165, 1.54) is 11.1 Å². The molecule has 4 heteroatoms. The molecule has 2 unspecified atom stereocenters. The number of hydrogen-bond acceptors (Lipinski definition) is 4. The van der Waals surface area contributed by atoms with Crippen molar-refractivity contribution in [3.63, 3.8) is 0 Å². The second-order valence-corrected chi connectivity index (χ2v) is 7.74. The lowest BCUT2D eigenvalue weighted by atomic mass is 10.0. The summed E-state index contributed by atoms with van der Waals surface area (Å²) in [6, 6.07) is 16.9. The normalized spacial score (nSPS) is 28.6. The molecule has 0 radical (unpaired) electrons. The fourth-order valence-electron chi connectivity index (χ4n) is 4.45. The number of hydrogen-bond donors (Lipinski definition) is 0. The zero-order chi connectivity index (χ0) is 19.5. The average molecular weight is 389 g/mol. The first-order valence-corrected chi connectivity index (χ1v) is 10.6. The van der Waals surface area contributed by atoms with Crippen LogP contribution in [0.3, 0.4) is 0 Å². The smallest absolute Gasteiger partial charge is 0.254 e. The maximum absolute atomic E-state index is 6.76. The Morgan fingerprint density at radius 1 is 0.966 bits per heavy atom. The van der Waals surface area contributed by atoms with E-state index in [-0.39, 0.29) is 0 Å². The minimum Gasteiger partial charge on any atom is -0.348 e. The molecule has 29 heavy (non-hydrogen) atoms. The lowest BCUT2D eigenvalue weighted by Gasteiger charge is -2.48. The Kier molecular flexibility index (Phi) is 5.23. The summed E-state index contributed by atoms with van der Waals surface area (Å²) in [7, 11) is 0. The van der Waals surface area contributed by atoms with Crippen molar-refractivity contribution in [1.29, 1.82) is 0 Å². The first-order valence-electron chi connectivity index (χ1n) is 10.6. The first-order chi connectivity index (χ1) is 14.4. The van der Waals surface area contributed by atoms with E-state index in [0.29, 0.717) is 13.2 Å². The Morgan fingerprint density at radius 2 is 1.86 bits per heavy atom. The minimum atomic E-state index is -0.848. The summed E-state index contributed by atoms with van der Waals surface area (Å²) in [4.78, 5) is 2.27. The van der Waals surface area contributed by atoms with E-state index in [1.54, 1.807) is 0 Å². The molecule has 0 saturated carbocycles. The molecule has 0 aliphatic carbocycles. The van der Waals surface area contributed by atoms with Crippen molar-refractivity contribution in [2.75, 3.05) is 24.7 Å². The third-order valence-corrected chi connectivity index (χ3v) is 5.91. The van der Waals surface area contributed by atoms with E-state index >= 15 is 0 Å². The molecule has 1 fully saturated rings. The standard InChI is InChI=1S/C25H27NO3/c1-2-11-21-12-4-6-14-23(21)26(17-8-1)25(16-7-9-18-28-25)29-24-22-13-5-3-10-20(22)15-19-27-24/h1-6,8,10-14,24H,7,9,15-19H2/b8-1-,11-2-. The largest absolute Gasteiger partial charge is 0.348 e. The first kappa shape index (κ1) is 18.6. The van der Waals surface area contributed by atoms with Crippen LogP contribution in [-0.2, 0) is 20.6 Å². The molecule has 3 aliphatic heterocycles. The molecule has 0 bridgehead atoms. The van der Waals surface area contributed by atoms with Crippen molar-refractivity contribution in [2.24, 2.45) is 0 Å². The molecule has 0 N–H and O–H groups in total. The molecule has 2 aromatic rings.